The molecular formula is C15H19N3O2S. The van der Waals surface area contributed by atoms with Crippen LogP contribution in [0.15, 0.2) is 23.6 Å². The van der Waals surface area contributed by atoms with Crippen LogP contribution in [0.4, 0.5) is 11.4 Å². The molecule has 3 N–H and O–H groups in total. The van der Waals surface area contributed by atoms with E-state index in [-0.39, 0.29) is 12.0 Å². The van der Waals surface area contributed by atoms with E-state index in [1.165, 1.54) is 0 Å². The van der Waals surface area contributed by atoms with Crippen LogP contribution in [0.2, 0.25) is 0 Å². The maximum absolute atomic E-state index is 12.0. The van der Waals surface area contributed by atoms with E-state index in [0.717, 1.165) is 10.7 Å². The number of nitrogen functional groups attached to an aromatic ring is 1. The second-order valence-electron chi connectivity index (χ2n) is 4.68. The number of anilines is 2. The number of benzene rings is 1. The number of para-hydroxylation sites is 1. The van der Waals surface area contributed by atoms with Gasteiger partial charge in [0.2, 0.25) is 0 Å². The van der Waals surface area contributed by atoms with Gasteiger partial charge in [0.25, 0.3) is 0 Å². The summed E-state index contributed by atoms with van der Waals surface area (Å²) in [4.78, 5) is 16.5. The van der Waals surface area contributed by atoms with Crippen molar-refractivity contribution >= 4 is 28.7 Å². The highest BCUT2D eigenvalue weighted by Crippen LogP contribution is 2.29. The van der Waals surface area contributed by atoms with Crippen molar-refractivity contribution < 1.29 is 9.53 Å². The molecule has 2 rings (SSSR count). The first-order valence-electron chi connectivity index (χ1n) is 6.77. The van der Waals surface area contributed by atoms with Gasteiger partial charge in [0.05, 0.1) is 29.6 Å². The van der Waals surface area contributed by atoms with Gasteiger partial charge in [-0.05, 0) is 32.9 Å². The molecule has 0 bridgehead atoms. The number of nitrogens with two attached hydrogens (primary N) is 1. The predicted molar refractivity (Wildman–Crippen MR) is 85.7 cm³/mol. The van der Waals surface area contributed by atoms with Crippen LogP contribution in [0.25, 0.3) is 0 Å². The molecule has 0 aliphatic heterocycles. The monoisotopic (exact) mass is 305 g/mol. The summed E-state index contributed by atoms with van der Waals surface area (Å²) in [5.41, 5.74) is 8.53. The average molecular weight is 305 g/mol. The minimum atomic E-state index is -0.380. The molecule has 2 aromatic rings. The topological polar surface area (TPSA) is 77.2 Å². The van der Waals surface area contributed by atoms with Gasteiger partial charge in [-0.25, -0.2) is 9.78 Å². The molecule has 1 heterocycles. The fraction of sp³-hybridized carbons (Fsp3) is 0.333. The van der Waals surface area contributed by atoms with Crippen LogP contribution in [0.3, 0.4) is 0 Å². The lowest BCUT2D eigenvalue weighted by Gasteiger charge is -2.17. The third-order valence-electron chi connectivity index (χ3n) is 2.96. The van der Waals surface area contributed by atoms with Crippen LogP contribution < -0.4 is 11.1 Å². The van der Waals surface area contributed by atoms with E-state index < -0.39 is 0 Å². The largest absolute Gasteiger partial charge is 0.462 e. The highest BCUT2D eigenvalue weighted by molar-refractivity contribution is 7.09. The molecule has 21 heavy (non-hydrogen) atoms. The highest BCUT2D eigenvalue weighted by atomic mass is 32.1. The van der Waals surface area contributed by atoms with Crippen molar-refractivity contribution in [2.24, 2.45) is 0 Å². The summed E-state index contributed by atoms with van der Waals surface area (Å²) in [7, 11) is 0. The fourth-order valence-corrected chi connectivity index (χ4v) is 2.76. The molecule has 0 amide bonds. The Morgan fingerprint density at radius 1 is 1.52 bits per heavy atom. The zero-order valence-corrected chi connectivity index (χ0v) is 13.2. The van der Waals surface area contributed by atoms with E-state index in [9.17, 15) is 4.79 Å². The number of aryl methyl sites for hydroxylation is 1. The number of thiazole rings is 1. The first-order valence-corrected chi connectivity index (χ1v) is 7.65. The van der Waals surface area contributed by atoms with E-state index in [1.54, 1.807) is 36.5 Å². The lowest BCUT2D eigenvalue weighted by molar-refractivity contribution is 0.0527. The molecule has 0 aliphatic rings. The third-order valence-corrected chi connectivity index (χ3v) is 4.11. The molecule has 0 fully saturated rings. The van der Waals surface area contributed by atoms with Gasteiger partial charge in [0.1, 0.15) is 5.01 Å². The Morgan fingerprint density at radius 2 is 2.29 bits per heavy atom. The Hall–Kier alpha value is -2.08. The summed E-state index contributed by atoms with van der Waals surface area (Å²) >= 11 is 1.58. The Labute approximate surface area is 128 Å². The molecule has 1 aromatic carbocycles. The molecule has 0 spiro atoms. The van der Waals surface area contributed by atoms with Crippen LogP contribution in [0.5, 0.6) is 0 Å². The van der Waals surface area contributed by atoms with Crippen molar-refractivity contribution in [1.29, 1.82) is 0 Å². The molecule has 1 atom stereocenters. The minimum Gasteiger partial charge on any atom is -0.462 e. The van der Waals surface area contributed by atoms with Gasteiger partial charge in [-0.15, -0.1) is 11.3 Å². The van der Waals surface area contributed by atoms with Crippen molar-refractivity contribution in [1.82, 2.24) is 4.98 Å². The van der Waals surface area contributed by atoms with Crippen LogP contribution in [-0.2, 0) is 4.74 Å². The smallest absolute Gasteiger partial charge is 0.340 e. The molecule has 1 aromatic heterocycles. The van der Waals surface area contributed by atoms with Gasteiger partial charge in [-0.3, -0.25) is 0 Å². The zero-order valence-electron chi connectivity index (χ0n) is 12.3. The summed E-state index contributed by atoms with van der Waals surface area (Å²) in [5.74, 6) is -0.380. The molecule has 0 saturated heterocycles. The molecule has 6 heteroatoms. The second-order valence-corrected chi connectivity index (χ2v) is 5.57. The summed E-state index contributed by atoms with van der Waals surface area (Å²) < 4.78 is 5.07. The Kier molecular flexibility index (Phi) is 4.80. The van der Waals surface area contributed by atoms with Gasteiger partial charge in [0, 0.05) is 11.1 Å². The number of hydrogen-bond acceptors (Lipinski definition) is 6. The number of carbonyl (C=O) groups is 1. The van der Waals surface area contributed by atoms with Crippen LogP contribution >= 0.6 is 11.3 Å². The van der Waals surface area contributed by atoms with Crippen LogP contribution in [0, 0.1) is 6.92 Å². The Morgan fingerprint density at radius 3 is 2.90 bits per heavy atom. The molecular weight excluding hydrogens is 286 g/mol. The number of carbonyl (C=O) groups excluding carboxylic acids is 1. The van der Waals surface area contributed by atoms with E-state index in [1.807, 2.05) is 19.2 Å². The van der Waals surface area contributed by atoms with Crippen molar-refractivity contribution in [3.8, 4) is 0 Å². The Bertz CT molecular complexity index is 640. The van der Waals surface area contributed by atoms with E-state index in [4.69, 9.17) is 10.5 Å². The summed E-state index contributed by atoms with van der Waals surface area (Å²) in [6.07, 6.45) is 0. The van der Waals surface area contributed by atoms with Gasteiger partial charge in [-0.1, -0.05) is 6.07 Å². The summed E-state index contributed by atoms with van der Waals surface area (Å²) in [5, 5.41) is 6.21. The maximum Gasteiger partial charge on any atom is 0.340 e. The minimum absolute atomic E-state index is 0.0402. The first kappa shape index (κ1) is 15.3. The van der Waals surface area contributed by atoms with Gasteiger partial charge in [-0.2, -0.15) is 0 Å². The van der Waals surface area contributed by atoms with Crippen molar-refractivity contribution in [2.45, 2.75) is 26.8 Å². The summed E-state index contributed by atoms with van der Waals surface area (Å²) in [6, 6.07) is 5.16. The normalized spacial score (nSPS) is 12.0. The van der Waals surface area contributed by atoms with Gasteiger partial charge < -0.3 is 15.8 Å². The molecule has 1 unspecified atom stereocenters. The second kappa shape index (κ2) is 6.58. The number of esters is 1. The van der Waals surface area contributed by atoms with Gasteiger partial charge >= 0.3 is 5.97 Å². The number of rotatable bonds is 5. The third kappa shape index (κ3) is 3.52. The Balaban J connectivity index is 2.28. The number of hydrogen-bond donors (Lipinski definition) is 2. The van der Waals surface area contributed by atoms with Crippen molar-refractivity contribution in [3.63, 3.8) is 0 Å². The maximum atomic E-state index is 12.0. The van der Waals surface area contributed by atoms with Crippen LogP contribution in [-0.4, -0.2) is 17.6 Å². The van der Waals surface area contributed by atoms with Crippen LogP contribution in [0.1, 0.15) is 40.9 Å². The standard InChI is InChI=1S/C15H19N3O2S/c1-4-20-15(19)11-6-5-7-12(16)13(11)18-10(3)14-17-9(2)8-21-14/h5-8,10,18H,4,16H2,1-3H3. The molecule has 5 nitrogen and oxygen atoms in total. The number of ether oxygens (including phenoxy) is 1. The fourth-order valence-electron chi connectivity index (χ4n) is 1.96. The average Bonchev–Trinajstić information content (AvgIpc) is 2.88. The lowest BCUT2D eigenvalue weighted by Crippen LogP contribution is -2.14. The molecule has 0 aliphatic carbocycles. The van der Waals surface area contributed by atoms with E-state index >= 15 is 0 Å². The first-order chi connectivity index (χ1) is 10.0. The molecule has 0 radical (unpaired) electrons. The highest BCUT2D eigenvalue weighted by Gasteiger charge is 2.18. The van der Waals surface area contributed by atoms with E-state index in [0.29, 0.717) is 23.5 Å². The lowest BCUT2D eigenvalue weighted by atomic mass is 10.1. The number of nitrogens with one attached hydrogen (secondary N) is 1. The quantitative estimate of drug-likeness (QED) is 0.654. The van der Waals surface area contributed by atoms with Crippen molar-refractivity contribution in [3.05, 3.63) is 39.8 Å². The zero-order chi connectivity index (χ0) is 15.4. The number of aromatic nitrogens is 1. The number of nitrogens with zero attached hydrogens (tertiary/aromatic N) is 1. The molecule has 0 saturated carbocycles. The predicted octanol–water partition coefficient (Wildman–Crippen LogP) is 3.38. The van der Waals surface area contributed by atoms with Crippen molar-refractivity contribution in [2.75, 3.05) is 17.7 Å². The summed E-state index contributed by atoms with van der Waals surface area (Å²) in [6.45, 7) is 6.04. The molecule has 112 valence electrons. The van der Waals surface area contributed by atoms with E-state index in [2.05, 4.69) is 10.3 Å². The SMILES string of the molecule is CCOC(=O)c1cccc(N)c1NC(C)c1nc(C)cs1. The van der Waals surface area contributed by atoms with Gasteiger partial charge in [0.15, 0.2) is 0 Å².